The lowest BCUT2D eigenvalue weighted by Gasteiger charge is -2.03. The van der Waals surface area contributed by atoms with Crippen LogP contribution >= 0.6 is 11.8 Å². The van der Waals surface area contributed by atoms with E-state index in [0.29, 0.717) is 11.0 Å². The van der Waals surface area contributed by atoms with Gasteiger partial charge in [-0.25, -0.2) is 0 Å². The molecule has 2 heteroatoms. The molecule has 0 atom stereocenters. The number of benzene rings is 2. The van der Waals surface area contributed by atoms with Gasteiger partial charge in [0, 0.05) is 11.7 Å². The van der Waals surface area contributed by atoms with Crippen molar-refractivity contribution in [3.63, 3.8) is 0 Å². The molecule has 0 amide bonds. The minimum atomic E-state index is 0.362. The zero-order valence-corrected chi connectivity index (χ0v) is 10.4. The van der Waals surface area contributed by atoms with Crippen molar-refractivity contribution in [2.45, 2.75) is 18.6 Å². The Morgan fingerprint density at radius 1 is 1.12 bits per heavy atom. The van der Waals surface area contributed by atoms with Gasteiger partial charge in [0.05, 0.1) is 0 Å². The number of thioether (sulfide) groups is 1. The Morgan fingerprint density at radius 3 is 2.65 bits per heavy atom. The van der Waals surface area contributed by atoms with Gasteiger partial charge < -0.3 is 0 Å². The van der Waals surface area contributed by atoms with Crippen LogP contribution in [-0.4, -0.2) is 5.12 Å². The Labute approximate surface area is 105 Å². The second kappa shape index (κ2) is 4.53. The fourth-order valence-electron chi connectivity index (χ4n) is 1.92. The Hall–Kier alpha value is -1.28. The average molecular weight is 242 g/mol. The standard InChI is InChI=1S/C15H14OS/c16-15(13-7-8-13)17-10-11-5-6-12-3-1-2-4-14(12)9-11/h1-6,9,13H,7-8,10H2. The van der Waals surface area contributed by atoms with Crippen molar-refractivity contribution >= 4 is 27.6 Å². The Bertz CT molecular complexity index is 558. The van der Waals surface area contributed by atoms with Crippen LogP contribution in [-0.2, 0) is 10.5 Å². The van der Waals surface area contributed by atoms with Crippen molar-refractivity contribution in [3.05, 3.63) is 48.0 Å². The molecule has 17 heavy (non-hydrogen) atoms. The van der Waals surface area contributed by atoms with Gasteiger partial charge in [-0.15, -0.1) is 0 Å². The first-order chi connectivity index (χ1) is 8.33. The Balaban J connectivity index is 1.74. The molecule has 0 bridgehead atoms. The number of fused-ring (bicyclic) bond motifs is 1. The number of hydrogen-bond donors (Lipinski definition) is 0. The SMILES string of the molecule is O=C(SCc1ccc2ccccc2c1)C1CC1. The van der Waals surface area contributed by atoms with Gasteiger partial charge in [-0.3, -0.25) is 4.79 Å². The van der Waals surface area contributed by atoms with E-state index in [0.717, 1.165) is 18.6 Å². The van der Waals surface area contributed by atoms with Crippen LogP contribution in [0.4, 0.5) is 0 Å². The maximum absolute atomic E-state index is 11.6. The van der Waals surface area contributed by atoms with Gasteiger partial charge in [-0.05, 0) is 29.2 Å². The summed E-state index contributed by atoms with van der Waals surface area (Å²) in [6, 6.07) is 14.8. The molecule has 2 aromatic rings. The van der Waals surface area contributed by atoms with Crippen LogP contribution in [0.2, 0.25) is 0 Å². The second-order valence-electron chi connectivity index (χ2n) is 4.56. The fourth-order valence-corrected chi connectivity index (χ4v) is 2.88. The lowest BCUT2D eigenvalue weighted by molar-refractivity contribution is -0.112. The highest BCUT2D eigenvalue weighted by molar-refractivity contribution is 8.13. The molecular weight excluding hydrogens is 228 g/mol. The summed E-state index contributed by atoms with van der Waals surface area (Å²) >= 11 is 1.47. The molecule has 0 N–H and O–H groups in total. The average Bonchev–Trinajstić information content (AvgIpc) is 3.20. The first-order valence-corrected chi connectivity index (χ1v) is 6.96. The van der Waals surface area contributed by atoms with E-state index in [2.05, 4.69) is 36.4 Å². The van der Waals surface area contributed by atoms with E-state index < -0.39 is 0 Å². The number of hydrogen-bond acceptors (Lipinski definition) is 2. The zero-order valence-electron chi connectivity index (χ0n) is 9.56. The molecule has 0 heterocycles. The third-order valence-corrected chi connectivity index (χ3v) is 4.20. The lowest BCUT2D eigenvalue weighted by Crippen LogP contribution is -1.94. The quantitative estimate of drug-likeness (QED) is 0.809. The topological polar surface area (TPSA) is 17.1 Å². The Morgan fingerprint density at radius 2 is 1.88 bits per heavy atom. The van der Waals surface area contributed by atoms with Crippen LogP contribution in [0, 0.1) is 5.92 Å². The maximum Gasteiger partial charge on any atom is 0.192 e. The number of rotatable bonds is 3. The first-order valence-electron chi connectivity index (χ1n) is 5.97. The minimum Gasteiger partial charge on any atom is -0.287 e. The van der Waals surface area contributed by atoms with Crippen LogP contribution in [0.15, 0.2) is 42.5 Å². The Kier molecular flexibility index (Phi) is 2.89. The van der Waals surface area contributed by atoms with Crippen molar-refractivity contribution in [2.75, 3.05) is 0 Å². The maximum atomic E-state index is 11.6. The van der Waals surface area contributed by atoms with Crippen LogP contribution in [0.5, 0.6) is 0 Å². The third-order valence-electron chi connectivity index (χ3n) is 3.11. The van der Waals surface area contributed by atoms with E-state index in [1.54, 1.807) is 0 Å². The normalized spacial score (nSPS) is 15.1. The molecule has 0 saturated heterocycles. The van der Waals surface area contributed by atoms with Gasteiger partial charge in [0.1, 0.15) is 0 Å². The highest BCUT2D eigenvalue weighted by Crippen LogP contribution is 2.35. The molecular formula is C15H14OS. The molecule has 1 nitrogen and oxygen atoms in total. The van der Waals surface area contributed by atoms with Crippen molar-refractivity contribution in [2.24, 2.45) is 5.92 Å². The molecule has 0 aromatic heterocycles. The summed E-state index contributed by atoms with van der Waals surface area (Å²) in [5, 5.41) is 2.89. The molecule has 86 valence electrons. The van der Waals surface area contributed by atoms with E-state index >= 15 is 0 Å². The van der Waals surface area contributed by atoms with E-state index in [1.165, 1.54) is 28.1 Å². The molecule has 0 radical (unpaired) electrons. The monoisotopic (exact) mass is 242 g/mol. The van der Waals surface area contributed by atoms with Gasteiger partial charge >= 0.3 is 0 Å². The van der Waals surface area contributed by atoms with Gasteiger partial charge in [0.2, 0.25) is 0 Å². The molecule has 0 unspecified atom stereocenters. The lowest BCUT2D eigenvalue weighted by atomic mass is 10.1. The largest absolute Gasteiger partial charge is 0.287 e. The van der Waals surface area contributed by atoms with Crippen molar-refractivity contribution in [1.29, 1.82) is 0 Å². The van der Waals surface area contributed by atoms with Gasteiger partial charge in [0.15, 0.2) is 5.12 Å². The van der Waals surface area contributed by atoms with E-state index in [4.69, 9.17) is 0 Å². The summed E-state index contributed by atoms with van der Waals surface area (Å²) in [5.41, 5.74) is 1.24. The predicted octanol–water partition coefficient (Wildman–Crippen LogP) is 4.01. The molecule has 0 spiro atoms. The second-order valence-corrected chi connectivity index (χ2v) is 5.54. The predicted molar refractivity (Wildman–Crippen MR) is 73.0 cm³/mol. The summed E-state index contributed by atoms with van der Waals surface area (Å²) in [7, 11) is 0. The van der Waals surface area contributed by atoms with Crippen LogP contribution in [0.3, 0.4) is 0 Å². The molecule has 0 aliphatic heterocycles. The molecule has 1 aliphatic rings. The van der Waals surface area contributed by atoms with Crippen molar-refractivity contribution < 1.29 is 4.79 Å². The van der Waals surface area contributed by atoms with Crippen LogP contribution < -0.4 is 0 Å². The molecule has 3 rings (SSSR count). The summed E-state index contributed by atoms with van der Waals surface area (Å²) in [6.07, 6.45) is 2.20. The third kappa shape index (κ3) is 2.52. The zero-order chi connectivity index (χ0) is 11.7. The molecule has 1 fully saturated rings. The van der Waals surface area contributed by atoms with Crippen LogP contribution in [0.1, 0.15) is 18.4 Å². The smallest absolute Gasteiger partial charge is 0.192 e. The van der Waals surface area contributed by atoms with Gasteiger partial charge in [-0.1, -0.05) is 54.2 Å². The van der Waals surface area contributed by atoms with Gasteiger partial charge in [-0.2, -0.15) is 0 Å². The number of carbonyl (C=O) groups excluding carboxylic acids is 1. The van der Waals surface area contributed by atoms with Crippen molar-refractivity contribution in [1.82, 2.24) is 0 Å². The summed E-state index contributed by atoms with van der Waals surface area (Å²) < 4.78 is 0. The fraction of sp³-hybridized carbons (Fsp3) is 0.267. The highest BCUT2D eigenvalue weighted by Gasteiger charge is 2.29. The minimum absolute atomic E-state index is 0.362. The summed E-state index contributed by atoms with van der Waals surface area (Å²) in [4.78, 5) is 11.6. The number of carbonyl (C=O) groups is 1. The van der Waals surface area contributed by atoms with E-state index in [1.807, 2.05) is 6.07 Å². The van der Waals surface area contributed by atoms with E-state index in [-0.39, 0.29) is 0 Å². The van der Waals surface area contributed by atoms with Crippen LogP contribution in [0.25, 0.3) is 10.8 Å². The van der Waals surface area contributed by atoms with Crippen molar-refractivity contribution in [3.8, 4) is 0 Å². The molecule has 2 aromatic carbocycles. The van der Waals surface area contributed by atoms with Gasteiger partial charge in [0.25, 0.3) is 0 Å². The highest BCUT2D eigenvalue weighted by atomic mass is 32.2. The van der Waals surface area contributed by atoms with E-state index in [9.17, 15) is 4.79 Å². The summed E-state index contributed by atoms with van der Waals surface area (Å²) in [6.45, 7) is 0. The molecule has 1 saturated carbocycles. The molecule has 1 aliphatic carbocycles. The first kappa shape index (κ1) is 10.8. The summed E-state index contributed by atoms with van der Waals surface area (Å²) in [5.74, 6) is 1.17.